The van der Waals surface area contributed by atoms with Crippen LogP contribution >= 0.6 is 23.2 Å². The number of anilines is 1. The highest BCUT2D eigenvalue weighted by atomic mass is 35.5. The van der Waals surface area contributed by atoms with Crippen LogP contribution in [0, 0.1) is 5.92 Å². The van der Waals surface area contributed by atoms with E-state index in [2.05, 4.69) is 15.2 Å². The fraction of sp³-hybridized carbons (Fsp3) is 0.583. The lowest BCUT2D eigenvalue weighted by molar-refractivity contribution is 0.392. The minimum atomic E-state index is 0.587. The van der Waals surface area contributed by atoms with Crippen LogP contribution in [0.4, 0.5) is 5.82 Å². The van der Waals surface area contributed by atoms with Crippen LogP contribution < -0.4 is 10.2 Å². The maximum atomic E-state index is 6.16. The number of nitrogens with zero attached hydrogens (tertiary/aromatic N) is 2. The molecule has 5 heteroatoms. The monoisotopic (exact) mass is 273 g/mol. The van der Waals surface area contributed by atoms with Crippen molar-refractivity contribution in [3.8, 4) is 0 Å². The molecule has 2 heterocycles. The molecule has 94 valence electrons. The zero-order valence-electron chi connectivity index (χ0n) is 9.92. The van der Waals surface area contributed by atoms with Crippen LogP contribution in [0.25, 0.3) is 0 Å². The summed E-state index contributed by atoms with van der Waals surface area (Å²) in [7, 11) is 2.00. The molecule has 0 aromatic carbocycles. The zero-order chi connectivity index (χ0) is 12.3. The van der Waals surface area contributed by atoms with Gasteiger partial charge in [0.1, 0.15) is 5.82 Å². The Morgan fingerprint density at radius 3 is 2.71 bits per heavy atom. The molecular weight excluding hydrogens is 257 g/mol. The second-order valence-electron chi connectivity index (χ2n) is 4.45. The van der Waals surface area contributed by atoms with Gasteiger partial charge in [0, 0.05) is 19.3 Å². The molecule has 1 aromatic heterocycles. The first-order chi connectivity index (χ1) is 8.20. The topological polar surface area (TPSA) is 28.2 Å². The lowest BCUT2D eigenvalue weighted by Gasteiger charge is -2.33. The van der Waals surface area contributed by atoms with Crippen molar-refractivity contribution in [3.05, 3.63) is 22.3 Å². The van der Waals surface area contributed by atoms with Crippen molar-refractivity contribution in [3.63, 3.8) is 0 Å². The molecule has 1 fully saturated rings. The van der Waals surface area contributed by atoms with Crippen molar-refractivity contribution < 1.29 is 0 Å². The molecule has 0 unspecified atom stereocenters. The van der Waals surface area contributed by atoms with E-state index in [0.717, 1.165) is 31.4 Å². The summed E-state index contributed by atoms with van der Waals surface area (Å²) in [6.45, 7) is 3.12. The fourth-order valence-electron chi connectivity index (χ4n) is 2.28. The highest BCUT2D eigenvalue weighted by molar-refractivity contribution is 6.36. The number of nitrogens with one attached hydrogen (secondary N) is 1. The molecule has 1 aromatic rings. The van der Waals surface area contributed by atoms with E-state index in [9.17, 15) is 0 Å². The zero-order valence-corrected chi connectivity index (χ0v) is 11.4. The van der Waals surface area contributed by atoms with E-state index in [1.807, 2.05) is 7.05 Å². The summed E-state index contributed by atoms with van der Waals surface area (Å²) in [6, 6.07) is 1.76. The van der Waals surface area contributed by atoms with Crippen molar-refractivity contribution in [2.45, 2.75) is 12.8 Å². The Hall–Kier alpha value is -0.510. The van der Waals surface area contributed by atoms with Gasteiger partial charge in [-0.25, -0.2) is 4.98 Å². The van der Waals surface area contributed by atoms with Crippen LogP contribution in [0.3, 0.4) is 0 Å². The van der Waals surface area contributed by atoms with E-state index < -0.39 is 0 Å². The smallest absolute Gasteiger partial charge is 0.147 e. The Kier molecular flexibility index (Phi) is 4.48. The predicted octanol–water partition coefficient (Wildman–Crippen LogP) is 2.82. The van der Waals surface area contributed by atoms with Gasteiger partial charge in [-0.05, 0) is 38.4 Å². The molecule has 0 radical (unpaired) electrons. The van der Waals surface area contributed by atoms with E-state index in [4.69, 9.17) is 23.2 Å². The average molecular weight is 274 g/mol. The third-order valence-electron chi connectivity index (χ3n) is 3.20. The van der Waals surface area contributed by atoms with Gasteiger partial charge < -0.3 is 10.2 Å². The molecule has 1 aliphatic heterocycles. The number of pyridine rings is 1. The Morgan fingerprint density at radius 1 is 1.41 bits per heavy atom. The van der Waals surface area contributed by atoms with Crippen LogP contribution in [-0.4, -0.2) is 31.7 Å². The lowest BCUT2D eigenvalue weighted by atomic mass is 9.97. The summed E-state index contributed by atoms with van der Waals surface area (Å²) < 4.78 is 0. The van der Waals surface area contributed by atoms with Crippen LogP contribution in [0.1, 0.15) is 12.8 Å². The number of hydrogen-bond donors (Lipinski definition) is 1. The molecule has 0 saturated carbocycles. The Morgan fingerprint density at radius 2 is 2.12 bits per heavy atom. The average Bonchev–Trinajstić information content (AvgIpc) is 2.31. The van der Waals surface area contributed by atoms with Gasteiger partial charge in [-0.1, -0.05) is 23.2 Å². The van der Waals surface area contributed by atoms with Crippen LogP contribution in [0.15, 0.2) is 12.3 Å². The predicted molar refractivity (Wildman–Crippen MR) is 73.1 cm³/mol. The third-order valence-corrected chi connectivity index (χ3v) is 3.68. The van der Waals surface area contributed by atoms with Gasteiger partial charge in [-0.15, -0.1) is 0 Å². The molecule has 0 aliphatic carbocycles. The van der Waals surface area contributed by atoms with E-state index in [1.165, 1.54) is 12.8 Å². The molecule has 0 atom stereocenters. The van der Waals surface area contributed by atoms with Crippen molar-refractivity contribution in [2.24, 2.45) is 5.92 Å². The molecule has 2 rings (SSSR count). The highest BCUT2D eigenvalue weighted by Gasteiger charge is 2.21. The molecule has 1 aliphatic rings. The largest absolute Gasteiger partial charge is 0.355 e. The molecule has 1 saturated heterocycles. The molecule has 17 heavy (non-hydrogen) atoms. The lowest BCUT2D eigenvalue weighted by Crippen LogP contribution is -2.37. The number of rotatable bonds is 3. The maximum absolute atomic E-state index is 6.16. The van der Waals surface area contributed by atoms with Crippen molar-refractivity contribution in [1.82, 2.24) is 10.3 Å². The molecule has 0 bridgehead atoms. The third kappa shape index (κ3) is 3.24. The summed E-state index contributed by atoms with van der Waals surface area (Å²) in [5, 5.41) is 4.46. The van der Waals surface area contributed by atoms with E-state index >= 15 is 0 Å². The molecular formula is C12H17Cl2N3. The van der Waals surface area contributed by atoms with Gasteiger partial charge in [0.25, 0.3) is 0 Å². The van der Waals surface area contributed by atoms with Crippen molar-refractivity contribution in [2.75, 3.05) is 31.6 Å². The number of piperidine rings is 1. The number of hydrogen-bond acceptors (Lipinski definition) is 3. The first-order valence-electron chi connectivity index (χ1n) is 5.91. The van der Waals surface area contributed by atoms with Gasteiger partial charge in [0.05, 0.1) is 10.0 Å². The minimum absolute atomic E-state index is 0.587. The quantitative estimate of drug-likeness (QED) is 0.918. The first kappa shape index (κ1) is 12.9. The van der Waals surface area contributed by atoms with E-state index in [1.54, 1.807) is 12.3 Å². The SMILES string of the molecule is CNCC1CCN(c2ncc(Cl)cc2Cl)CC1. The van der Waals surface area contributed by atoms with E-state index in [-0.39, 0.29) is 0 Å². The Balaban J connectivity index is 2.00. The second kappa shape index (κ2) is 5.89. The minimum Gasteiger partial charge on any atom is -0.355 e. The van der Waals surface area contributed by atoms with Crippen LogP contribution in [0.5, 0.6) is 0 Å². The Labute approximate surface area is 112 Å². The van der Waals surface area contributed by atoms with Gasteiger partial charge in [0.15, 0.2) is 0 Å². The summed E-state index contributed by atoms with van der Waals surface area (Å²) in [5.41, 5.74) is 0. The normalized spacial score (nSPS) is 17.5. The molecule has 0 amide bonds. The van der Waals surface area contributed by atoms with Gasteiger partial charge >= 0.3 is 0 Å². The summed E-state index contributed by atoms with van der Waals surface area (Å²) in [5.74, 6) is 1.63. The van der Waals surface area contributed by atoms with Gasteiger partial charge in [-0.3, -0.25) is 0 Å². The summed E-state index contributed by atoms with van der Waals surface area (Å²) in [6.07, 6.45) is 4.02. The highest BCUT2D eigenvalue weighted by Crippen LogP contribution is 2.29. The van der Waals surface area contributed by atoms with Crippen LogP contribution in [-0.2, 0) is 0 Å². The molecule has 1 N–H and O–H groups in total. The Bertz CT molecular complexity index is 376. The van der Waals surface area contributed by atoms with Crippen molar-refractivity contribution in [1.29, 1.82) is 0 Å². The number of aromatic nitrogens is 1. The second-order valence-corrected chi connectivity index (χ2v) is 5.29. The molecule has 3 nitrogen and oxygen atoms in total. The summed E-state index contributed by atoms with van der Waals surface area (Å²) in [4.78, 5) is 6.56. The van der Waals surface area contributed by atoms with Crippen molar-refractivity contribution >= 4 is 29.0 Å². The molecule has 0 spiro atoms. The standard InChI is InChI=1S/C12H17Cl2N3/c1-15-7-9-2-4-17(5-3-9)12-11(14)6-10(13)8-16-12/h6,8-9,15H,2-5,7H2,1H3. The summed E-state index contributed by atoms with van der Waals surface area (Å²) >= 11 is 12.0. The van der Waals surface area contributed by atoms with Gasteiger partial charge in [0.2, 0.25) is 0 Å². The first-order valence-corrected chi connectivity index (χ1v) is 6.67. The maximum Gasteiger partial charge on any atom is 0.147 e. The number of halogens is 2. The van der Waals surface area contributed by atoms with Gasteiger partial charge in [-0.2, -0.15) is 0 Å². The fourth-order valence-corrected chi connectivity index (χ4v) is 2.78. The van der Waals surface area contributed by atoms with Crippen LogP contribution in [0.2, 0.25) is 10.0 Å². The van der Waals surface area contributed by atoms with E-state index in [0.29, 0.717) is 10.0 Å².